The van der Waals surface area contributed by atoms with Crippen LogP contribution in [0.1, 0.15) is 33.1 Å². The second-order valence-electron chi connectivity index (χ2n) is 5.60. The van der Waals surface area contributed by atoms with Crippen molar-refractivity contribution >= 4 is 6.09 Å². The van der Waals surface area contributed by atoms with E-state index in [0.717, 1.165) is 5.92 Å². The van der Waals surface area contributed by atoms with E-state index in [9.17, 15) is 4.79 Å². The van der Waals surface area contributed by atoms with Gasteiger partial charge in [-0.05, 0) is 36.5 Å². The topological polar surface area (TPSA) is 38.3 Å². The fraction of sp³-hybridized carbons (Fsp3) is 0.909. The molecular weight excluding hydrogens is 178 g/mol. The van der Waals surface area contributed by atoms with E-state index in [2.05, 4.69) is 19.2 Å². The highest BCUT2D eigenvalue weighted by Crippen LogP contribution is 2.62. The number of hydrogen-bond donors (Lipinski definition) is 1. The Bertz CT molecular complexity index is 300. The van der Waals surface area contributed by atoms with Crippen molar-refractivity contribution in [2.24, 2.45) is 17.3 Å². The zero-order chi connectivity index (χ0) is 9.97. The van der Waals surface area contributed by atoms with Crippen LogP contribution in [0, 0.1) is 17.3 Å². The molecule has 3 nitrogen and oxygen atoms in total. The van der Waals surface area contributed by atoms with Gasteiger partial charge < -0.3 is 10.1 Å². The average molecular weight is 195 g/mol. The molecule has 1 amide bonds. The molecule has 1 aliphatic heterocycles. The Morgan fingerprint density at radius 1 is 1.36 bits per heavy atom. The second kappa shape index (κ2) is 2.26. The standard InChI is InChI=1S/C11H17NO2/c1-10(2)7-3-4-8(5-7)11(10)6-14-9(13)12-11/h7-8H,3-6H2,1-2H3,(H,12,13)/t7-,8-,11+/m1/s1. The highest BCUT2D eigenvalue weighted by Gasteiger charge is 2.66. The third kappa shape index (κ3) is 0.733. The minimum Gasteiger partial charge on any atom is -0.447 e. The molecule has 1 heterocycles. The first-order valence-corrected chi connectivity index (χ1v) is 5.51. The fourth-order valence-electron chi connectivity index (χ4n) is 3.98. The SMILES string of the molecule is CC1(C)[C@@H]2CC[C@H](C2)[C@@]12COC(=O)N2. The third-order valence-corrected chi connectivity index (χ3v) is 5.06. The Morgan fingerprint density at radius 2 is 2.07 bits per heavy atom. The number of hydrogen-bond acceptors (Lipinski definition) is 2. The lowest BCUT2D eigenvalue weighted by atomic mass is 9.64. The lowest BCUT2D eigenvalue weighted by Crippen LogP contribution is -2.58. The molecule has 3 aliphatic rings. The smallest absolute Gasteiger partial charge is 0.407 e. The minimum absolute atomic E-state index is 0.0486. The summed E-state index contributed by atoms with van der Waals surface area (Å²) in [6.07, 6.45) is 3.65. The maximum absolute atomic E-state index is 11.2. The summed E-state index contributed by atoms with van der Waals surface area (Å²) in [4.78, 5) is 11.2. The lowest BCUT2D eigenvalue weighted by molar-refractivity contribution is 0.0550. The second-order valence-corrected chi connectivity index (χ2v) is 5.60. The zero-order valence-corrected chi connectivity index (χ0v) is 8.80. The molecule has 2 bridgehead atoms. The number of rotatable bonds is 0. The van der Waals surface area contributed by atoms with Gasteiger partial charge in [0.2, 0.25) is 0 Å². The number of nitrogens with one attached hydrogen (secondary N) is 1. The maximum atomic E-state index is 11.2. The van der Waals surface area contributed by atoms with Crippen LogP contribution in [0.3, 0.4) is 0 Å². The van der Waals surface area contributed by atoms with Crippen LogP contribution < -0.4 is 5.32 Å². The van der Waals surface area contributed by atoms with Crippen molar-refractivity contribution in [3.8, 4) is 0 Å². The van der Waals surface area contributed by atoms with Gasteiger partial charge in [0.25, 0.3) is 0 Å². The van der Waals surface area contributed by atoms with Gasteiger partial charge in [-0.3, -0.25) is 0 Å². The van der Waals surface area contributed by atoms with E-state index in [-0.39, 0.29) is 17.0 Å². The van der Waals surface area contributed by atoms with Gasteiger partial charge >= 0.3 is 6.09 Å². The number of fused-ring (bicyclic) bond motifs is 3. The summed E-state index contributed by atoms with van der Waals surface area (Å²) in [5, 5.41) is 3.09. The summed E-state index contributed by atoms with van der Waals surface area (Å²) in [6, 6.07) is 0. The van der Waals surface area contributed by atoms with E-state index in [1.54, 1.807) is 0 Å². The van der Waals surface area contributed by atoms with Crippen LogP contribution in [0.15, 0.2) is 0 Å². The summed E-state index contributed by atoms with van der Waals surface area (Å²) in [6.45, 7) is 5.15. The molecule has 1 spiro atoms. The van der Waals surface area contributed by atoms with Crippen LogP contribution in [0.25, 0.3) is 0 Å². The first kappa shape index (κ1) is 8.57. The van der Waals surface area contributed by atoms with Crippen LogP contribution in [0.5, 0.6) is 0 Å². The molecule has 3 fully saturated rings. The van der Waals surface area contributed by atoms with E-state index in [4.69, 9.17) is 4.74 Å². The van der Waals surface area contributed by atoms with E-state index in [1.807, 2.05) is 0 Å². The molecule has 2 saturated carbocycles. The number of ether oxygens (including phenoxy) is 1. The zero-order valence-electron chi connectivity index (χ0n) is 8.80. The summed E-state index contributed by atoms with van der Waals surface area (Å²) >= 11 is 0. The van der Waals surface area contributed by atoms with Gasteiger partial charge in [-0.2, -0.15) is 0 Å². The van der Waals surface area contributed by atoms with Crippen molar-refractivity contribution in [1.82, 2.24) is 5.32 Å². The molecule has 0 aromatic carbocycles. The van der Waals surface area contributed by atoms with Crippen LogP contribution in [-0.4, -0.2) is 18.2 Å². The number of carbonyl (C=O) groups excluding carboxylic acids is 1. The van der Waals surface area contributed by atoms with Crippen molar-refractivity contribution < 1.29 is 9.53 Å². The van der Waals surface area contributed by atoms with Gasteiger partial charge in [0, 0.05) is 0 Å². The average Bonchev–Trinajstić information content (AvgIpc) is 2.72. The molecule has 78 valence electrons. The predicted octanol–water partition coefficient (Wildman–Crippen LogP) is 1.92. The Balaban J connectivity index is 2.02. The Morgan fingerprint density at radius 3 is 2.57 bits per heavy atom. The van der Waals surface area contributed by atoms with Gasteiger partial charge in [0.1, 0.15) is 6.61 Å². The molecular formula is C11H17NO2. The summed E-state index contributed by atoms with van der Waals surface area (Å²) < 4.78 is 5.13. The summed E-state index contributed by atoms with van der Waals surface area (Å²) in [5.74, 6) is 1.42. The van der Waals surface area contributed by atoms with Crippen LogP contribution in [-0.2, 0) is 4.74 Å². The van der Waals surface area contributed by atoms with Crippen molar-refractivity contribution in [3.63, 3.8) is 0 Å². The molecule has 3 rings (SSSR count). The molecule has 1 saturated heterocycles. The van der Waals surface area contributed by atoms with Gasteiger partial charge in [0.15, 0.2) is 0 Å². The molecule has 0 aromatic rings. The van der Waals surface area contributed by atoms with Crippen LogP contribution in [0.2, 0.25) is 0 Å². The van der Waals surface area contributed by atoms with Gasteiger partial charge in [-0.15, -0.1) is 0 Å². The maximum Gasteiger partial charge on any atom is 0.407 e. The molecule has 1 N–H and O–H groups in total. The lowest BCUT2D eigenvalue weighted by Gasteiger charge is -2.45. The summed E-state index contributed by atoms with van der Waals surface area (Å²) in [7, 11) is 0. The van der Waals surface area contributed by atoms with E-state index < -0.39 is 0 Å². The number of amides is 1. The summed E-state index contributed by atoms with van der Waals surface area (Å²) in [5.41, 5.74) is 0.162. The molecule has 3 atom stereocenters. The van der Waals surface area contributed by atoms with Gasteiger partial charge in [-0.1, -0.05) is 13.8 Å². The first-order chi connectivity index (χ1) is 6.56. The molecule has 0 radical (unpaired) electrons. The normalized spacial score (nSPS) is 48.3. The van der Waals surface area contributed by atoms with Crippen LogP contribution in [0.4, 0.5) is 4.79 Å². The predicted molar refractivity (Wildman–Crippen MR) is 51.8 cm³/mol. The molecule has 3 heteroatoms. The Hall–Kier alpha value is -0.730. The van der Waals surface area contributed by atoms with E-state index in [0.29, 0.717) is 12.5 Å². The van der Waals surface area contributed by atoms with Crippen molar-refractivity contribution in [2.75, 3.05) is 6.61 Å². The minimum atomic E-state index is -0.217. The Kier molecular flexibility index (Phi) is 1.38. The molecule has 14 heavy (non-hydrogen) atoms. The molecule has 0 unspecified atom stereocenters. The molecule has 2 aliphatic carbocycles. The number of cyclic esters (lactones) is 1. The molecule has 0 aromatic heterocycles. The highest BCUT2D eigenvalue weighted by atomic mass is 16.6. The van der Waals surface area contributed by atoms with Crippen molar-refractivity contribution in [3.05, 3.63) is 0 Å². The van der Waals surface area contributed by atoms with Crippen molar-refractivity contribution in [2.45, 2.75) is 38.6 Å². The largest absolute Gasteiger partial charge is 0.447 e. The number of alkyl carbamates (subject to hydrolysis) is 1. The quantitative estimate of drug-likeness (QED) is 0.641. The van der Waals surface area contributed by atoms with E-state index >= 15 is 0 Å². The van der Waals surface area contributed by atoms with Gasteiger partial charge in [-0.25, -0.2) is 4.79 Å². The number of carbonyl (C=O) groups is 1. The first-order valence-electron chi connectivity index (χ1n) is 5.51. The monoisotopic (exact) mass is 195 g/mol. The highest BCUT2D eigenvalue weighted by molar-refractivity contribution is 5.71. The Labute approximate surface area is 84.2 Å². The fourth-order valence-corrected chi connectivity index (χ4v) is 3.98. The van der Waals surface area contributed by atoms with E-state index in [1.165, 1.54) is 19.3 Å². The van der Waals surface area contributed by atoms with Crippen LogP contribution >= 0.6 is 0 Å². The van der Waals surface area contributed by atoms with Crippen molar-refractivity contribution in [1.29, 1.82) is 0 Å². The van der Waals surface area contributed by atoms with Gasteiger partial charge in [0.05, 0.1) is 5.54 Å². The third-order valence-electron chi connectivity index (χ3n) is 5.06.